The van der Waals surface area contributed by atoms with Crippen molar-refractivity contribution < 1.29 is 18.3 Å². The highest BCUT2D eigenvalue weighted by Crippen LogP contribution is 2.21. The normalized spacial score (nSPS) is 10.6. The molecule has 0 aliphatic rings. The van der Waals surface area contributed by atoms with E-state index in [1.807, 2.05) is 0 Å². The third-order valence-electron chi connectivity index (χ3n) is 2.82. The Labute approximate surface area is 130 Å². The van der Waals surface area contributed by atoms with Gasteiger partial charge in [0.1, 0.15) is 10.6 Å². The molecule has 8 heteroatoms. The maximum absolute atomic E-state index is 12.3. The lowest BCUT2D eigenvalue weighted by Crippen LogP contribution is -2.25. The number of nitrogens with one attached hydrogen (secondary N) is 1. The lowest BCUT2D eigenvalue weighted by atomic mass is 10.2. The highest BCUT2D eigenvalue weighted by atomic mass is 32.1. The topological polar surface area (TPSA) is 54.5 Å². The number of thiazole rings is 1. The quantitative estimate of drug-likeness (QED) is 0.886. The fourth-order valence-electron chi connectivity index (χ4n) is 1.84. The van der Waals surface area contributed by atoms with E-state index in [0.29, 0.717) is 15.6 Å². The van der Waals surface area contributed by atoms with Gasteiger partial charge in [-0.15, -0.1) is 0 Å². The highest BCUT2D eigenvalue weighted by molar-refractivity contribution is 7.17. The first kappa shape index (κ1) is 16.2. The first-order chi connectivity index (χ1) is 10.5. The van der Waals surface area contributed by atoms with Gasteiger partial charge in [-0.2, -0.15) is 8.78 Å². The number of rotatable bonds is 6. The predicted molar refractivity (Wildman–Crippen MR) is 80.5 cm³/mol. The van der Waals surface area contributed by atoms with Crippen LogP contribution in [0.25, 0.3) is 0 Å². The number of benzene rings is 1. The third kappa shape index (κ3) is 4.14. The van der Waals surface area contributed by atoms with Crippen LogP contribution < -0.4 is 10.1 Å². The van der Waals surface area contributed by atoms with E-state index in [-0.39, 0.29) is 18.2 Å². The van der Waals surface area contributed by atoms with Crippen molar-refractivity contribution in [3.05, 3.63) is 40.9 Å². The van der Waals surface area contributed by atoms with Gasteiger partial charge in [0.05, 0.1) is 6.20 Å². The number of carbonyl (C=O) groups excluding carboxylic acids is 1. The summed E-state index contributed by atoms with van der Waals surface area (Å²) in [7, 11) is 3.37. The van der Waals surface area contributed by atoms with Crippen LogP contribution in [0, 0.1) is 0 Å². The molecule has 5 nitrogen and oxygen atoms in total. The molecule has 22 heavy (non-hydrogen) atoms. The van der Waals surface area contributed by atoms with Crippen molar-refractivity contribution in [1.82, 2.24) is 9.88 Å². The average molecular weight is 327 g/mol. The van der Waals surface area contributed by atoms with Crippen LogP contribution in [0.2, 0.25) is 0 Å². The Balaban J connectivity index is 2.04. The van der Waals surface area contributed by atoms with E-state index in [2.05, 4.69) is 15.0 Å². The largest absolute Gasteiger partial charge is 0.435 e. The van der Waals surface area contributed by atoms with E-state index in [4.69, 9.17) is 0 Å². The second kappa shape index (κ2) is 7.17. The Morgan fingerprint density at radius 2 is 2.27 bits per heavy atom. The zero-order valence-electron chi connectivity index (χ0n) is 12.0. The van der Waals surface area contributed by atoms with E-state index in [1.54, 1.807) is 26.2 Å². The van der Waals surface area contributed by atoms with Crippen molar-refractivity contribution in [3.63, 3.8) is 0 Å². The SMILES string of the molecule is CNc1ncc(C(=O)N(C)Cc2cccc(OC(F)F)c2)s1. The van der Waals surface area contributed by atoms with Crippen molar-refractivity contribution in [2.45, 2.75) is 13.2 Å². The molecule has 2 rings (SSSR count). The summed E-state index contributed by atoms with van der Waals surface area (Å²) in [5.74, 6) is -0.109. The third-order valence-corrected chi connectivity index (χ3v) is 3.82. The molecule has 1 aromatic heterocycles. The van der Waals surface area contributed by atoms with Crippen LogP contribution in [-0.2, 0) is 6.54 Å². The van der Waals surface area contributed by atoms with Gasteiger partial charge in [0.15, 0.2) is 5.13 Å². The van der Waals surface area contributed by atoms with Crippen LogP contribution in [0.15, 0.2) is 30.5 Å². The molecule has 0 fully saturated rings. The number of hydrogen-bond acceptors (Lipinski definition) is 5. The number of anilines is 1. The Morgan fingerprint density at radius 3 is 2.91 bits per heavy atom. The van der Waals surface area contributed by atoms with Gasteiger partial charge in [0, 0.05) is 20.6 Å². The number of halogens is 2. The minimum Gasteiger partial charge on any atom is -0.435 e. The lowest BCUT2D eigenvalue weighted by Gasteiger charge is -2.16. The van der Waals surface area contributed by atoms with E-state index in [1.165, 1.54) is 34.6 Å². The molecule has 0 saturated carbocycles. The smallest absolute Gasteiger partial charge is 0.387 e. The predicted octanol–water partition coefficient (Wildman–Crippen LogP) is 3.06. The molecule has 118 valence electrons. The first-order valence-corrected chi connectivity index (χ1v) is 7.24. The van der Waals surface area contributed by atoms with Gasteiger partial charge in [-0.25, -0.2) is 4.98 Å². The lowest BCUT2D eigenvalue weighted by molar-refractivity contribution is -0.0499. The summed E-state index contributed by atoms with van der Waals surface area (Å²) in [6, 6.07) is 6.28. The van der Waals surface area contributed by atoms with Crippen LogP contribution in [0.4, 0.5) is 13.9 Å². The van der Waals surface area contributed by atoms with Crippen LogP contribution in [0.1, 0.15) is 15.2 Å². The van der Waals surface area contributed by atoms with Gasteiger partial charge in [0.25, 0.3) is 5.91 Å². The van der Waals surface area contributed by atoms with Crippen molar-refractivity contribution in [2.24, 2.45) is 0 Å². The van der Waals surface area contributed by atoms with Crippen LogP contribution in [0.5, 0.6) is 5.75 Å². The summed E-state index contributed by atoms with van der Waals surface area (Å²) < 4.78 is 28.8. The number of hydrogen-bond donors (Lipinski definition) is 1. The van der Waals surface area contributed by atoms with Crippen LogP contribution >= 0.6 is 11.3 Å². The number of alkyl halides is 2. The van der Waals surface area contributed by atoms with Gasteiger partial charge >= 0.3 is 6.61 Å². The van der Waals surface area contributed by atoms with Gasteiger partial charge in [-0.1, -0.05) is 23.5 Å². The molecule has 1 N–H and O–H groups in total. The van der Waals surface area contributed by atoms with Crippen molar-refractivity contribution >= 4 is 22.4 Å². The number of amides is 1. The molecule has 1 amide bonds. The maximum Gasteiger partial charge on any atom is 0.387 e. The molecule has 0 saturated heterocycles. The number of aromatic nitrogens is 1. The van der Waals surface area contributed by atoms with Crippen molar-refractivity contribution in [2.75, 3.05) is 19.4 Å². The average Bonchev–Trinajstić information content (AvgIpc) is 2.95. The van der Waals surface area contributed by atoms with Gasteiger partial charge in [0.2, 0.25) is 0 Å². The molecule has 1 aromatic carbocycles. The summed E-state index contributed by atoms with van der Waals surface area (Å²) in [5.41, 5.74) is 0.701. The van der Waals surface area contributed by atoms with E-state index in [0.717, 1.165) is 0 Å². The Kier molecular flexibility index (Phi) is 5.26. The summed E-state index contributed by atoms with van der Waals surface area (Å²) in [6.45, 7) is -2.58. The zero-order chi connectivity index (χ0) is 16.1. The van der Waals surface area contributed by atoms with E-state index < -0.39 is 6.61 Å². The molecule has 2 aromatic rings. The molecule has 0 bridgehead atoms. The first-order valence-electron chi connectivity index (χ1n) is 6.42. The molecule has 0 aliphatic carbocycles. The summed E-state index contributed by atoms with van der Waals surface area (Å²) in [5, 5.41) is 3.52. The number of nitrogens with zero attached hydrogens (tertiary/aromatic N) is 2. The van der Waals surface area contributed by atoms with Gasteiger partial charge < -0.3 is 15.0 Å². The van der Waals surface area contributed by atoms with Gasteiger partial charge in [-0.05, 0) is 17.7 Å². The fraction of sp³-hybridized carbons (Fsp3) is 0.286. The van der Waals surface area contributed by atoms with E-state index in [9.17, 15) is 13.6 Å². The standard InChI is InChI=1S/C14H15F2N3O2S/c1-17-14-18-7-11(22-14)12(20)19(2)8-9-4-3-5-10(6-9)21-13(15)16/h3-7,13H,8H2,1-2H3,(H,17,18). The van der Waals surface area contributed by atoms with Crippen molar-refractivity contribution in [3.8, 4) is 5.75 Å². The van der Waals surface area contributed by atoms with Crippen molar-refractivity contribution in [1.29, 1.82) is 0 Å². The molecule has 0 unspecified atom stereocenters. The Hall–Kier alpha value is -2.22. The Morgan fingerprint density at radius 1 is 1.50 bits per heavy atom. The summed E-state index contributed by atoms with van der Waals surface area (Å²) >= 11 is 1.25. The molecule has 0 atom stereocenters. The molecule has 0 aliphatic heterocycles. The number of carbonyl (C=O) groups is 1. The fourth-order valence-corrected chi connectivity index (χ4v) is 2.61. The van der Waals surface area contributed by atoms with Crippen LogP contribution in [-0.4, -0.2) is 36.5 Å². The minimum atomic E-state index is -2.87. The maximum atomic E-state index is 12.3. The van der Waals surface area contributed by atoms with Gasteiger partial charge in [-0.3, -0.25) is 4.79 Å². The highest BCUT2D eigenvalue weighted by Gasteiger charge is 2.15. The molecule has 0 spiro atoms. The number of ether oxygens (including phenoxy) is 1. The summed E-state index contributed by atoms with van der Waals surface area (Å²) in [4.78, 5) is 18.3. The van der Waals surface area contributed by atoms with Crippen LogP contribution in [0.3, 0.4) is 0 Å². The Bertz CT molecular complexity index is 649. The molecular weight excluding hydrogens is 312 g/mol. The summed E-state index contributed by atoms with van der Waals surface area (Å²) in [6.07, 6.45) is 1.51. The second-order valence-corrected chi connectivity index (χ2v) is 5.50. The minimum absolute atomic E-state index is 0.0728. The monoisotopic (exact) mass is 327 g/mol. The zero-order valence-corrected chi connectivity index (χ0v) is 12.9. The van der Waals surface area contributed by atoms with E-state index >= 15 is 0 Å². The molecular formula is C14H15F2N3O2S. The molecule has 1 heterocycles. The second-order valence-electron chi connectivity index (χ2n) is 4.47. The molecule has 0 radical (unpaired) electrons.